The predicted molar refractivity (Wildman–Crippen MR) is 106 cm³/mol. The number of ether oxygens (including phenoxy) is 1. The number of methoxy groups -OCH3 is 1. The van der Waals surface area contributed by atoms with Gasteiger partial charge in [0.25, 0.3) is 0 Å². The van der Waals surface area contributed by atoms with Gasteiger partial charge in [-0.1, -0.05) is 6.42 Å². The van der Waals surface area contributed by atoms with Gasteiger partial charge in [0, 0.05) is 36.1 Å². The number of phenols is 1. The maximum atomic E-state index is 14.4. The standard InChI is InChI=1S/C21H24FN3O4/c1-12(26)24-14-5-3-4-13(8-14)21(28)25-20-10-17(18(22)11-23-20)16-7-6-15(27)9-19(16)29-2/h6-7,9-11,13-14,27H,3-5,8H2,1-2H3,(H,24,26)(H,23,25,28). The highest BCUT2D eigenvalue weighted by atomic mass is 19.1. The Morgan fingerprint density at radius 3 is 2.76 bits per heavy atom. The molecular formula is C21H24FN3O4. The number of hydrogen-bond acceptors (Lipinski definition) is 5. The number of nitrogens with one attached hydrogen (secondary N) is 2. The number of pyridine rings is 1. The quantitative estimate of drug-likeness (QED) is 0.714. The molecule has 2 amide bonds. The Hall–Kier alpha value is -3.16. The van der Waals surface area contributed by atoms with E-state index in [1.807, 2.05) is 0 Å². The highest BCUT2D eigenvalue weighted by Gasteiger charge is 2.28. The van der Waals surface area contributed by atoms with E-state index in [-0.39, 0.29) is 40.9 Å². The number of carbonyl (C=O) groups excluding carboxylic acids is 2. The molecule has 0 bridgehead atoms. The van der Waals surface area contributed by atoms with Crippen molar-refractivity contribution in [2.75, 3.05) is 12.4 Å². The molecule has 0 saturated heterocycles. The fourth-order valence-corrected chi connectivity index (χ4v) is 3.69. The summed E-state index contributed by atoms with van der Waals surface area (Å²) in [5.41, 5.74) is 0.635. The summed E-state index contributed by atoms with van der Waals surface area (Å²) >= 11 is 0. The van der Waals surface area contributed by atoms with E-state index in [0.717, 1.165) is 25.5 Å². The number of rotatable bonds is 5. The molecule has 3 N–H and O–H groups in total. The minimum absolute atomic E-state index is 0.000358. The summed E-state index contributed by atoms with van der Waals surface area (Å²) in [5, 5.41) is 15.2. The second kappa shape index (κ2) is 8.89. The molecule has 1 aromatic heterocycles. The van der Waals surface area contributed by atoms with Gasteiger partial charge in [-0.3, -0.25) is 9.59 Å². The fourth-order valence-electron chi connectivity index (χ4n) is 3.69. The first kappa shape index (κ1) is 20.6. The van der Waals surface area contributed by atoms with Gasteiger partial charge >= 0.3 is 0 Å². The smallest absolute Gasteiger partial charge is 0.228 e. The van der Waals surface area contributed by atoms with Crippen LogP contribution in [-0.4, -0.2) is 35.1 Å². The van der Waals surface area contributed by atoms with Crippen molar-refractivity contribution in [1.29, 1.82) is 0 Å². The molecule has 1 aliphatic rings. The average molecular weight is 401 g/mol. The van der Waals surface area contributed by atoms with Gasteiger partial charge in [-0.2, -0.15) is 0 Å². The van der Waals surface area contributed by atoms with Crippen LogP contribution in [0.25, 0.3) is 11.1 Å². The van der Waals surface area contributed by atoms with E-state index in [1.54, 1.807) is 0 Å². The number of nitrogens with zero attached hydrogens (tertiary/aromatic N) is 1. The van der Waals surface area contributed by atoms with Gasteiger partial charge in [0.2, 0.25) is 11.8 Å². The zero-order chi connectivity index (χ0) is 21.0. The summed E-state index contributed by atoms with van der Waals surface area (Å²) in [7, 11) is 1.43. The van der Waals surface area contributed by atoms with Gasteiger partial charge < -0.3 is 20.5 Å². The van der Waals surface area contributed by atoms with Crippen molar-refractivity contribution in [2.24, 2.45) is 5.92 Å². The number of phenolic OH excluding ortho intramolecular Hbond substituents is 1. The predicted octanol–water partition coefficient (Wildman–Crippen LogP) is 3.24. The number of benzene rings is 1. The van der Waals surface area contributed by atoms with Crippen LogP contribution in [0.4, 0.5) is 10.2 Å². The highest BCUT2D eigenvalue weighted by molar-refractivity contribution is 5.92. The zero-order valence-electron chi connectivity index (χ0n) is 16.4. The SMILES string of the molecule is COc1cc(O)ccc1-c1cc(NC(=O)C2CCCC(NC(C)=O)C2)ncc1F. The number of aromatic hydroxyl groups is 1. The van der Waals surface area contributed by atoms with Crippen LogP contribution in [0.15, 0.2) is 30.5 Å². The first-order valence-electron chi connectivity index (χ1n) is 9.48. The number of amides is 2. The molecule has 1 saturated carbocycles. The van der Waals surface area contributed by atoms with E-state index in [1.165, 1.54) is 38.3 Å². The second-order valence-electron chi connectivity index (χ2n) is 7.18. The molecule has 2 aromatic rings. The lowest BCUT2D eigenvalue weighted by Crippen LogP contribution is -2.40. The maximum Gasteiger partial charge on any atom is 0.228 e. The molecule has 8 heteroatoms. The zero-order valence-corrected chi connectivity index (χ0v) is 16.4. The largest absolute Gasteiger partial charge is 0.508 e. The first-order chi connectivity index (χ1) is 13.9. The first-order valence-corrected chi connectivity index (χ1v) is 9.48. The number of hydrogen-bond donors (Lipinski definition) is 3. The summed E-state index contributed by atoms with van der Waals surface area (Å²) in [6, 6.07) is 5.78. The summed E-state index contributed by atoms with van der Waals surface area (Å²) in [5.74, 6) is -0.610. The van der Waals surface area contributed by atoms with Gasteiger partial charge in [-0.05, 0) is 37.5 Å². The Bertz CT molecular complexity index is 919. The van der Waals surface area contributed by atoms with Gasteiger partial charge in [0.05, 0.1) is 13.3 Å². The summed E-state index contributed by atoms with van der Waals surface area (Å²) < 4.78 is 19.6. The van der Waals surface area contributed by atoms with Crippen LogP contribution < -0.4 is 15.4 Å². The van der Waals surface area contributed by atoms with E-state index in [0.29, 0.717) is 17.7 Å². The Morgan fingerprint density at radius 2 is 2.03 bits per heavy atom. The third kappa shape index (κ3) is 5.01. The van der Waals surface area contributed by atoms with E-state index in [9.17, 15) is 19.1 Å². The topological polar surface area (TPSA) is 101 Å². The van der Waals surface area contributed by atoms with Crippen LogP contribution in [0, 0.1) is 11.7 Å². The monoisotopic (exact) mass is 401 g/mol. The van der Waals surface area contributed by atoms with E-state index in [2.05, 4.69) is 15.6 Å². The molecule has 1 fully saturated rings. The fraction of sp³-hybridized carbons (Fsp3) is 0.381. The van der Waals surface area contributed by atoms with Gasteiger partial charge in [-0.15, -0.1) is 0 Å². The van der Waals surface area contributed by atoms with Crippen molar-refractivity contribution < 1.29 is 23.8 Å². The third-order valence-electron chi connectivity index (χ3n) is 5.03. The Morgan fingerprint density at radius 1 is 1.24 bits per heavy atom. The van der Waals surface area contributed by atoms with Crippen LogP contribution in [0.2, 0.25) is 0 Å². The van der Waals surface area contributed by atoms with Crippen LogP contribution in [0.5, 0.6) is 11.5 Å². The van der Waals surface area contributed by atoms with Crippen LogP contribution in [-0.2, 0) is 9.59 Å². The van der Waals surface area contributed by atoms with Crippen molar-refractivity contribution in [3.8, 4) is 22.6 Å². The Balaban J connectivity index is 1.78. The molecule has 29 heavy (non-hydrogen) atoms. The van der Waals surface area contributed by atoms with Crippen LogP contribution in [0.3, 0.4) is 0 Å². The normalized spacial score (nSPS) is 18.7. The summed E-state index contributed by atoms with van der Waals surface area (Å²) in [6.07, 6.45) is 4.02. The molecule has 0 spiro atoms. The van der Waals surface area contributed by atoms with Crippen molar-refractivity contribution in [2.45, 2.75) is 38.6 Å². The molecule has 0 radical (unpaired) electrons. The van der Waals surface area contributed by atoms with Gasteiger partial charge in [-0.25, -0.2) is 9.37 Å². The molecule has 2 atom stereocenters. The minimum Gasteiger partial charge on any atom is -0.508 e. The number of anilines is 1. The van der Waals surface area contributed by atoms with Crippen LogP contribution in [0.1, 0.15) is 32.6 Å². The number of halogens is 1. The number of aromatic nitrogens is 1. The van der Waals surface area contributed by atoms with Crippen molar-refractivity contribution in [3.05, 3.63) is 36.3 Å². The van der Waals surface area contributed by atoms with E-state index < -0.39 is 5.82 Å². The lowest BCUT2D eigenvalue weighted by Gasteiger charge is -2.28. The second-order valence-corrected chi connectivity index (χ2v) is 7.18. The molecule has 1 aromatic carbocycles. The number of carbonyl (C=O) groups is 2. The van der Waals surface area contributed by atoms with Crippen molar-refractivity contribution in [3.63, 3.8) is 0 Å². The lowest BCUT2D eigenvalue weighted by molar-refractivity contribution is -0.123. The summed E-state index contributed by atoms with van der Waals surface area (Å²) in [4.78, 5) is 27.9. The van der Waals surface area contributed by atoms with Gasteiger partial charge in [0.15, 0.2) is 0 Å². The molecule has 7 nitrogen and oxygen atoms in total. The third-order valence-corrected chi connectivity index (χ3v) is 5.03. The molecule has 154 valence electrons. The molecule has 3 rings (SSSR count). The molecular weight excluding hydrogens is 377 g/mol. The van der Waals surface area contributed by atoms with E-state index >= 15 is 0 Å². The highest BCUT2D eigenvalue weighted by Crippen LogP contribution is 2.35. The molecule has 1 aliphatic carbocycles. The molecule has 0 aliphatic heterocycles. The van der Waals surface area contributed by atoms with Crippen molar-refractivity contribution in [1.82, 2.24) is 10.3 Å². The maximum absolute atomic E-state index is 14.4. The summed E-state index contributed by atoms with van der Waals surface area (Å²) in [6.45, 7) is 1.46. The van der Waals surface area contributed by atoms with Crippen molar-refractivity contribution >= 4 is 17.6 Å². The Labute approximate surface area is 168 Å². The molecule has 1 heterocycles. The van der Waals surface area contributed by atoms with Gasteiger partial charge in [0.1, 0.15) is 23.1 Å². The average Bonchev–Trinajstić information content (AvgIpc) is 2.69. The minimum atomic E-state index is -0.574. The molecule has 2 unspecified atom stereocenters. The van der Waals surface area contributed by atoms with Crippen LogP contribution >= 0.6 is 0 Å². The van der Waals surface area contributed by atoms with E-state index in [4.69, 9.17) is 4.74 Å². The Kier molecular flexibility index (Phi) is 6.31. The lowest BCUT2D eigenvalue weighted by atomic mass is 9.85.